The van der Waals surface area contributed by atoms with Crippen molar-refractivity contribution in [2.75, 3.05) is 51.3 Å². The highest BCUT2D eigenvalue weighted by Gasteiger charge is 2.33. The monoisotopic (exact) mass is 501 g/mol. The molecule has 2 fully saturated rings. The van der Waals surface area contributed by atoms with Gasteiger partial charge in [0.2, 0.25) is 11.8 Å². The Hall–Kier alpha value is -2.95. The van der Waals surface area contributed by atoms with Crippen LogP contribution in [0.4, 0.5) is 5.69 Å². The Bertz CT molecular complexity index is 1120. The van der Waals surface area contributed by atoms with E-state index >= 15 is 0 Å². The van der Waals surface area contributed by atoms with E-state index in [9.17, 15) is 18.0 Å². The number of piperazine rings is 1. The van der Waals surface area contributed by atoms with Crippen LogP contribution in [0.1, 0.15) is 19.3 Å². The Balaban J connectivity index is 1.46. The standard InChI is InChI=1S/C25H31N3O6S/c1-33-23-11-6-5-10-22(23)27-16-14-26(15-17-27)18-20(19-28-24(29)12-7-13-25(28)30)34-35(31,32)21-8-3-2-4-9-21/h2-6,8-11,20H,7,12-19H2,1H3. The summed E-state index contributed by atoms with van der Waals surface area (Å²) in [6.07, 6.45) is 0.208. The molecule has 1 atom stereocenters. The number of carbonyl (C=O) groups excluding carboxylic acids is 2. The lowest BCUT2D eigenvalue weighted by atomic mass is 10.1. The lowest BCUT2D eigenvalue weighted by Gasteiger charge is -2.38. The summed E-state index contributed by atoms with van der Waals surface area (Å²) in [4.78, 5) is 30.3. The number of amides is 2. The van der Waals surface area contributed by atoms with Gasteiger partial charge >= 0.3 is 0 Å². The van der Waals surface area contributed by atoms with E-state index in [1.807, 2.05) is 24.3 Å². The number of ether oxygens (including phenoxy) is 1. The molecule has 0 saturated carbocycles. The molecule has 1 unspecified atom stereocenters. The fraction of sp³-hybridized carbons (Fsp3) is 0.440. The number of anilines is 1. The maximum absolute atomic E-state index is 12.9. The molecule has 2 aliphatic rings. The van der Waals surface area contributed by atoms with Gasteiger partial charge in [0, 0.05) is 45.6 Å². The van der Waals surface area contributed by atoms with E-state index in [1.165, 1.54) is 12.1 Å². The van der Waals surface area contributed by atoms with Gasteiger partial charge < -0.3 is 9.64 Å². The zero-order valence-corrected chi connectivity index (χ0v) is 20.7. The van der Waals surface area contributed by atoms with Gasteiger partial charge in [0.1, 0.15) is 11.9 Å². The average Bonchev–Trinajstić information content (AvgIpc) is 2.87. The third-order valence-corrected chi connectivity index (χ3v) is 7.70. The van der Waals surface area contributed by atoms with Gasteiger partial charge in [-0.05, 0) is 30.7 Å². The number of nitrogens with zero attached hydrogens (tertiary/aromatic N) is 3. The highest BCUT2D eigenvalue weighted by atomic mass is 32.2. The van der Waals surface area contributed by atoms with Crippen molar-refractivity contribution >= 4 is 27.6 Å². The largest absolute Gasteiger partial charge is 0.495 e. The molecule has 0 spiro atoms. The van der Waals surface area contributed by atoms with Crippen LogP contribution >= 0.6 is 0 Å². The van der Waals surface area contributed by atoms with Crippen LogP contribution in [0.2, 0.25) is 0 Å². The first kappa shape index (κ1) is 25.2. The van der Waals surface area contributed by atoms with E-state index < -0.39 is 16.2 Å². The summed E-state index contributed by atoms with van der Waals surface area (Å²) in [5.41, 5.74) is 1.01. The zero-order chi connectivity index (χ0) is 24.8. The van der Waals surface area contributed by atoms with Gasteiger partial charge in [0.25, 0.3) is 10.1 Å². The molecule has 2 aromatic rings. The molecule has 2 saturated heterocycles. The number of benzene rings is 2. The SMILES string of the molecule is COc1ccccc1N1CCN(CC(CN2C(=O)CCCC2=O)OS(=O)(=O)c2ccccc2)CC1. The van der Waals surface area contributed by atoms with Crippen molar-refractivity contribution in [2.24, 2.45) is 0 Å². The molecule has 2 aromatic carbocycles. The maximum Gasteiger partial charge on any atom is 0.297 e. The molecule has 10 heteroatoms. The van der Waals surface area contributed by atoms with E-state index in [-0.39, 0.29) is 42.6 Å². The second kappa shape index (κ2) is 11.2. The van der Waals surface area contributed by atoms with E-state index in [0.717, 1.165) is 29.4 Å². The lowest BCUT2D eigenvalue weighted by Crippen LogP contribution is -2.52. The molecule has 0 radical (unpaired) electrons. The summed E-state index contributed by atoms with van der Waals surface area (Å²) < 4.78 is 37.0. The molecular weight excluding hydrogens is 470 g/mol. The first-order valence-corrected chi connectivity index (χ1v) is 13.2. The molecule has 4 rings (SSSR count). The van der Waals surface area contributed by atoms with Crippen molar-refractivity contribution in [2.45, 2.75) is 30.3 Å². The average molecular weight is 502 g/mol. The third kappa shape index (κ3) is 6.19. The van der Waals surface area contributed by atoms with Crippen LogP contribution in [-0.4, -0.2) is 82.5 Å². The van der Waals surface area contributed by atoms with Crippen LogP contribution in [0.3, 0.4) is 0 Å². The number of likely N-dealkylation sites (tertiary alicyclic amines) is 1. The number of rotatable bonds is 9. The van der Waals surface area contributed by atoms with Gasteiger partial charge in [-0.15, -0.1) is 0 Å². The molecule has 188 valence electrons. The molecule has 2 aliphatic heterocycles. The van der Waals surface area contributed by atoms with Crippen molar-refractivity contribution < 1.29 is 26.9 Å². The van der Waals surface area contributed by atoms with Crippen molar-refractivity contribution in [1.82, 2.24) is 9.80 Å². The number of hydrogen-bond acceptors (Lipinski definition) is 8. The van der Waals surface area contributed by atoms with Crippen LogP contribution in [0.25, 0.3) is 0 Å². The number of carbonyl (C=O) groups is 2. The number of hydrogen-bond donors (Lipinski definition) is 0. The third-order valence-electron chi connectivity index (χ3n) is 6.32. The normalized spacial score (nSPS) is 18.5. The minimum atomic E-state index is -4.06. The first-order chi connectivity index (χ1) is 16.9. The van der Waals surface area contributed by atoms with Gasteiger partial charge in [-0.2, -0.15) is 8.42 Å². The first-order valence-electron chi connectivity index (χ1n) is 11.8. The summed E-state index contributed by atoms with van der Waals surface area (Å²) in [6.45, 7) is 2.98. The summed E-state index contributed by atoms with van der Waals surface area (Å²) in [5.74, 6) is 0.235. The molecule has 0 aliphatic carbocycles. The summed E-state index contributed by atoms with van der Waals surface area (Å²) in [7, 11) is -2.42. The van der Waals surface area contributed by atoms with Crippen LogP contribution in [0.15, 0.2) is 59.5 Å². The molecule has 0 N–H and O–H groups in total. The van der Waals surface area contributed by atoms with Crippen molar-refractivity contribution in [3.05, 3.63) is 54.6 Å². The Kier molecular flexibility index (Phi) is 8.04. The Morgan fingerprint density at radius 1 is 0.857 bits per heavy atom. The minimum absolute atomic E-state index is 0.0438. The van der Waals surface area contributed by atoms with Crippen molar-refractivity contribution in [3.8, 4) is 5.75 Å². The second-order valence-electron chi connectivity index (χ2n) is 8.70. The zero-order valence-electron chi connectivity index (χ0n) is 19.8. The van der Waals surface area contributed by atoms with E-state index in [2.05, 4.69) is 9.80 Å². The highest BCUT2D eigenvalue weighted by molar-refractivity contribution is 7.86. The maximum atomic E-state index is 12.9. The fourth-order valence-electron chi connectivity index (χ4n) is 4.50. The number of imide groups is 1. The fourth-order valence-corrected chi connectivity index (χ4v) is 5.58. The predicted molar refractivity (Wildman–Crippen MR) is 131 cm³/mol. The summed E-state index contributed by atoms with van der Waals surface area (Å²) >= 11 is 0. The van der Waals surface area contributed by atoms with Gasteiger partial charge in [-0.1, -0.05) is 30.3 Å². The molecular formula is C25H31N3O6S. The Morgan fingerprint density at radius 2 is 1.49 bits per heavy atom. The summed E-state index contributed by atoms with van der Waals surface area (Å²) in [5, 5.41) is 0. The number of piperidine rings is 1. The minimum Gasteiger partial charge on any atom is -0.495 e. The molecule has 35 heavy (non-hydrogen) atoms. The molecule has 9 nitrogen and oxygen atoms in total. The van der Waals surface area contributed by atoms with Crippen molar-refractivity contribution in [3.63, 3.8) is 0 Å². The lowest BCUT2D eigenvalue weighted by molar-refractivity contribution is -0.149. The molecule has 0 aromatic heterocycles. The van der Waals surface area contributed by atoms with Gasteiger partial charge in [0.05, 0.1) is 24.2 Å². The molecule has 2 amide bonds. The second-order valence-corrected chi connectivity index (χ2v) is 10.3. The molecule has 0 bridgehead atoms. The van der Waals surface area contributed by atoms with Crippen molar-refractivity contribution in [1.29, 1.82) is 0 Å². The summed E-state index contributed by atoms with van der Waals surface area (Å²) in [6, 6.07) is 15.7. The number of methoxy groups -OCH3 is 1. The topological polar surface area (TPSA) is 96.5 Å². The Labute approximate surface area is 206 Å². The van der Waals surface area contributed by atoms with Crippen LogP contribution in [-0.2, 0) is 23.9 Å². The predicted octanol–water partition coefficient (Wildman–Crippen LogP) is 2.13. The van der Waals surface area contributed by atoms with E-state index in [4.69, 9.17) is 8.92 Å². The van der Waals surface area contributed by atoms with Crippen LogP contribution < -0.4 is 9.64 Å². The van der Waals surface area contributed by atoms with Crippen LogP contribution in [0, 0.1) is 0 Å². The van der Waals surface area contributed by atoms with Crippen LogP contribution in [0.5, 0.6) is 5.75 Å². The van der Waals surface area contributed by atoms with Gasteiger partial charge in [-0.3, -0.25) is 23.6 Å². The van der Waals surface area contributed by atoms with Gasteiger partial charge in [0.15, 0.2) is 0 Å². The quantitative estimate of drug-likeness (QED) is 0.381. The Morgan fingerprint density at radius 3 is 2.14 bits per heavy atom. The smallest absolute Gasteiger partial charge is 0.297 e. The van der Waals surface area contributed by atoms with Gasteiger partial charge in [-0.25, -0.2) is 0 Å². The van der Waals surface area contributed by atoms with E-state index in [1.54, 1.807) is 25.3 Å². The number of para-hydroxylation sites is 2. The van der Waals surface area contributed by atoms with E-state index in [0.29, 0.717) is 19.5 Å². The highest BCUT2D eigenvalue weighted by Crippen LogP contribution is 2.28. The molecule has 2 heterocycles.